The van der Waals surface area contributed by atoms with E-state index < -0.39 is 18.1 Å². The van der Waals surface area contributed by atoms with Gasteiger partial charge < -0.3 is 24.8 Å². The van der Waals surface area contributed by atoms with Crippen LogP contribution in [0.1, 0.15) is 74.2 Å². The van der Waals surface area contributed by atoms with Gasteiger partial charge in [-0.3, -0.25) is 9.59 Å². The molecule has 2 bridgehead atoms. The molecular weight excluding hydrogens is 436 g/mol. The van der Waals surface area contributed by atoms with E-state index in [2.05, 4.69) is 5.32 Å². The third kappa shape index (κ3) is 5.44. The van der Waals surface area contributed by atoms with Crippen LogP contribution in [0.2, 0.25) is 0 Å². The Morgan fingerprint density at radius 2 is 1.85 bits per heavy atom. The first-order chi connectivity index (χ1) is 16.3. The van der Waals surface area contributed by atoms with E-state index in [1.165, 1.54) is 6.92 Å². The smallest absolute Gasteiger partial charge is 0.335 e. The van der Waals surface area contributed by atoms with E-state index in [1.807, 2.05) is 19.1 Å². The molecule has 2 atom stereocenters. The number of carboxylic acid groups (broad SMARTS) is 1. The Balaban J connectivity index is 1.37. The maximum atomic E-state index is 13.4. The molecule has 3 saturated heterocycles. The summed E-state index contributed by atoms with van der Waals surface area (Å²) in [6.07, 6.45) is 5.56. The first-order valence-corrected chi connectivity index (χ1v) is 12.4. The lowest BCUT2D eigenvalue weighted by Crippen LogP contribution is -2.56. The standard InChI is InChI=1S/C26H36N2O6/c1-17(33-15-26-11-7-20(8-12-26)34-16-26)23(27-18(2)29)24(30)28-13-9-19(10-14-28)21-5-3-4-6-22(21)25(31)32/h3-6,17,19-20,23H,7-16H2,1-2H3,(H,27,29)(H,31,32)/t17-,20?,23?,26?/m1/s1. The van der Waals surface area contributed by atoms with Gasteiger partial charge in [0.1, 0.15) is 6.04 Å². The lowest BCUT2D eigenvalue weighted by molar-refractivity contribution is -0.157. The molecule has 34 heavy (non-hydrogen) atoms. The van der Waals surface area contributed by atoms with Crippen molar-refractivity contribution in [1.29, 1.82) is 0 Å². The van der Waals surface area contributed by atoms with Crippen molar-refractivity contribution in [2.24, 2.45) is 5.41 Å². The zero-order valence-corrected chi connectivity index (χ0v) is 20.1. The minimum Gasteiger partial charge on any atom is -0.478 e. The minimum atomic E-state index is -0.929. The molecule has 0 aromatic heterocycles. The topological polar surface area (TPSA) is 105 Å². The highest BCUT2D eigenvalue weighted by atomic mass is 16.5. The number of benzene rings is 1. The van der Waals surface area contributed by atoms with Crippen LogP contribution in [0.3, 0.4) is 0 Å². The molecule has 4 fully saturated rings. The van der Waals surface area contributed by atoms with Crippen LogP contribution in [-0.2, 0) is 19.1 Å². The summed E-state index contributed by atoms with van der Waals surface area (Å²) in [4.78, 5) is 38.7. The molecule has 186 valence electrons. The summed E-state index contributed by atoms with van der Waals surface area (Å²) < 4.78 is 12.1. The number of fused-ring (bicyclic) bond motifs is 3. The lowest BCUT2D eigenvalue weighted by atomic mass is 9.72. The van der Waals surface area contributed by atoms with Gasteiger partial charge >= 0.3 is 5.97 Å². The Labute approximate surface area is 201 Å². The quantitative estimate of drug-likeness (QED) is 0.603. The Bertz CT molecular complexity index is 889. The van der Waals surface area contributed by atoms with Crippen LogP contribution in [0.15, 0.2) is 24.3 Å². The third-order valence-corrected chi connectivity index (χ3v) is 7.80. The van der Waals surface area contributed by atoms with E-state index >= 15 is 0 Å². The Kier molecular flexibility index (Phi) is 7.57. The van der Waals surface area contributed by atoms with E-state index in [9.17, 15) is 19.5 Å². The number of ether oxygens (including phenoxy) is 2. The average molecular weight is 473 g/mol. The number of carboxylic acids is 1. The zero-order chi connectivity index (χ0) is 24.3. The monoisotopic (exact) mass is 472 g/mol. The van der Waals surface area contributed by atoms with Crippen LogP contribution < -0.4 is 5.32 Å². The van der Waals surface area contributed by atoms with Crippen molar-refractivity contribution in [3.63, 3.8) is 0 Å². The van der Waals surface area contributed by atoms with E-state index in [0.29, 0.717) is 50.8 Å². The van der Waals surface area contributed by atoms with Crippen LogP contribution in [0.25, 0.3) is 0 Å². The van der Waals surface area contributed by atoms with Crippen molar-refractivity contribution in [2.75, 3.05) is 26.3 Å². The third-order valence-electron chi connectivity index (χ3n) is 7.80. The number of nitrogens with zero attached hydrogens (tertiary/aromatic N) is 1. The van der Waals surface area contributed by atoms with Crippen molar-refractivity contribution in [3.8, 4) is 0 Å². The van der Waals surface area contributed by atoms with E-state index in [4.69, 9.17) is 9.47 Å². The number of nitrogens with one attached hydrogen (secondary N) is 1. The Morgan fingerprint density at radius 1 is 1.18 bits per heavy atom. The fourth-order valence-corrected chi connectivity index (χ4v) is 5.65. The number of hydrogen-bond donors (Lipinski definition) is 2. The molecule has 8 nitrogen and oxygen atoms in total. The molecule has 4 aliphatic rings. The molecule has 1 aliphatic carbocycles. The first kappa shape index (κ1) is 24.7. The molecular formula is C26H36N2O6. The van der Waals surface area contributed by atoms with Gasteiger partial charge in [-0.2, -0.15) is 0 Å². The molecule has 8 heteroatoms. The van der Waals surface area contributed by atoms with Crippen LogP contribution in [0.5, 0.6) is 0 Å². The molecule has 5 rings (SSSR count). The van der Waals surface area contributed by atoms with Crippen LogP contribution in [0.4, 0.5) is 0 Å². The van der Waals surface area contributed by atoms with Crippen molar-refractivity contribution in [3.05, 3.63) is 35.4 Å². The van der Waals surface area contributed by atoms with Gasteiger partial charge in [0.05, 0.1) is 31.0 Å². The molecule has 2 amide bonds. The van der Waals surface area contributed by atoms with Crippen molar-refractivity contribution in [2.45, 2.75) is 76.5 Å². The van der Waals surface area contributed by atoms with Gasteiger partial charge in [-0.15, -0.1) is 0 Å². The second kappa shape index (κ2) is 10.4. The highest BCUT2D eigenvalue weighted by Gasteiger charge is 2.43. The molecule has 1 saturated carbocycles. The summed E-state index contributed by atoms with van der Waals surface area (Å²) in [6, 6.07) is 6.33. The second-order valence-electron chi connectivity index (χ2n) is 10.2. The fraction of sp³-hybridized carbons (Fsp3) is 0.654. The van der Waals surface area contributed by atoms with E-state index in [0.717, 1.165) is 31.2 Å². The predicted molar refractivity (Wildman–Crippen MR) is 126 cm³/mol. The molecule has 0 radical (unpaired) electrons. The molecule has 1 aromatic carbocycles. The van der Waals surface area contributed by atoms with Crippen LogP contribution in [-0.4, -0.2) is 72.3 Å². The number of hydrogen-bond acceptors (Lipinski definition) is 5. The summed E-state index contributed by atoms with van der Waals surface area (Å²) in [7, 11) is 0. The van der Waals surface area contributed by atoms with Gasteiger partial charge in [0.25, 0.3) is 0 Å². The summed E-state index contributed by atoms with van der Waals surface area (Å²) >= 11 is 0. The first-order valence-electron chi connectivity index (χ1n) is 12.4. The van der Waals surface area contributed by atoms with Gasteiger partial charge in [0.15, 0.2) is 0 Å². The van der Waals surface area contributed by atoms with E-state index in [1.54, 1.807) is 17.0 Å². The molecule has 3 aliphatic heterocycles. The number of carbonyl (C=O) groups excluding carboxylic acids is 2. The number of likely N-dealkylation sites (tertiary alicyclic amines) is 1. The molecule has 0 spiro atoms. The molecule has 1 unspecified atom stereocenters. The van der Waals surface area contributed by atoms with Gasteiger partial charge in [0, 0.05) is 25.4 Å². The highest BCUT2D eigenvalue weighted by molar-refractivity contribution is 5.90. The van der Waals surface area contributed by atoms with Gasteiger partial charge in [0.2, 0.25) is 11.8 Å². The minimum absolute atomic E-state index is 0.0166. The van der Waals surface area contributed by atoms with Crippen molar-refractivity contribution >= 4 is 17.8 Å². The van der Waals surface area contributed by atoms with E-state index in [-0.39, 0.29) is 23.1 Å². The van der Waals surface area contributed by atoms with Gasteiger partial charge in [-0.1, -0.05) is 18.2 Å². The summed E-state index contributed by atoms with van der Waals surface area (Å²) in [6.45, 7) is 5.52. The maximum absolute atomic E-state index is 13.4. The van der Waals surface area contributed by atoms with Crippen LogP contribution in [0, 0.1) is 5.41 Å². The summed E-state index contributed by atoms with van der Waals surface area (Å²) in [5.41, 5.74) is 1.16. The maximum Gasteiger partial charge on any atom is 0.335 e. The van der Waals surface area contributed by atoms with Crippen LogP contribution >= 0.6 is 0 Å². The summed E-state index contributed by atoms with van der Waals surface area (Å²) in [5, 5.41) is 12.3. The second-order valence-corrected chi connectivity index (χ2v) is 10.2. The largest absolute Gasteiger partial charge is 0.478 e. The number of aromatic carboxylic acids is 1. The number of carbonyl (C=O) groups is 3. The Morgan fingerprint density at radius 3 is 2.44 bits per heavy atom. The summed E-state index contributed by atoms with van der Waals surface area (Å²) in [5.74, 6) is -1.25. The molecule has 1 aromatic rings. The number of piperidine rings is 1. The highest BCUT2D eigenvalue weighted by Crippen LogP contribution is 2.43. The number of amides is 2. The average Bonchev–Trinajstić information content (AvgIpc) is 2.86. The van der Waals surface area contributed by atoms with Gasteiger partial charge in [-0.05, 0) is 63.0 Å². The lowest BCUT2D eigenvalue weighted by Gasteiger charge is -2.46. The normalized spacial score (nSPS) is 26.6. The molecule has 3 heterocycles. The molecule has 2 N–H and O–H groups in total. The number of rotatable bonds is 8. The van der Waals surface area contributed by atoms with Crippen molar-refractivity contribution < 1.29 is 29.0 Å². The fourth-order valence-electron chi connectivity index (χ4n) is 5.65. The zero-order valence-electron chi connectivity index (χ0n) is 20.1. The Hall–Kier alpha value is -2.45. The van der Waals surface area contributed by atoms with Gasteiger partial charge in [-0.25, -0.2) is 4.79 Å². The predicted octanol–water partition coefficient (Wildman–Crippen LogP) is 2.96. The van der Waals surface area contributed by atoms with Crippen molar-refractivity contribution in [1.82, 2.24) is 10.2 Å². The SMILES string of the molecule is CC(=O)NC(C(=O)N1CCC(c2ccccc2C(=O)O)CC1)[C@@H](C)OCC12CCC(CC1)OC2.